The molecular formula is C22H28N8. The molecule has 0 bridgehead atoms. The second-order valence-electron chi connectivity index (χ2n) is 7.83. The number of hydrogen-bond acceptors (Lipinski definition) is 7. The fourth-order valence-corrected chi connectivity index (χ4v) is 4.45. The topological polar surface area (TPSA) is 85.4 Å². The lowest BCUT2D eigenvalue weighted by Gasteiger charge is -2.41. The highest BCUT2D eigenvalue weighted by Gasteiger charge is 2.40. The van der Waals surface area contributed by atoms with Gasteiger partial charge in [-0.25, -0.2) is 9.67 Å². The first-order valence-corrected chi connectivity index (χ1v) is 10.5. The third-order valence-corrected chi connectivity index (χ3v) is 6.03. The zero-order valence-electron chi connectivity index (χ0n) is 17.6. The summed E-state index contributed by atoms with van der Waals surface area (Å²) >= 11 is 0. The van der Waals surface area contributed by atoms with Crippen molar-refractivity contribution < 1.29 is 0 Å². The average molecular weight is 405 g/mol. The van der Waals surface area contributed by atoms with Gasteiger partial charge in [-0.15, -0.1) is 5.10 Å². The Labute approximate surface area is 177 Å². The maximum Gasteiger partial charge on any atom is 0.162 e. The number of nitrogens with zero attached hydrogens (tertiary/aromatic N) is 7. The van der Waals surface area contributed by atoms with Crippen LogP contribution in [0.5, 0.6) is 0 Å². The standard InChI is InChI=1S/C22H28N8/c1-4-16(3)12-17(5-2)30-15-20(26-27-30)21-7-6-18-14-28(10-11-29(18)21)22-19(13-23)24-8-9-25-22/h4-5,9,12,15,18,21,24H,1,6-8,10-11,14H2,2-3H3/b16-12-,17-5+/t18-,21+/m0/s1. The van der Waals surface area contributed by atoms with Gasteiger partial charge in [0.2, 0.25) is 0 Å². The number of nitrogens with one attached hydrogen (secondary N) is 1. The van der Waals surface area contributed by atoms with Gasteiger partial charge in [-0.1, -0.05) is 23.9 Å². The molecule has 156 valence electrons. The Hall–Kier alpha value is -3.18. The molecule has 0 amide bonds. The molecule has 1 aromatic heterocycles. The molecule has 8 heteroatoms. The number of fused-ring (bicyclic) bond motifs is 1. The minimum Gasteiger partial charge on any atom is -0.368 e. The summed E-state index contributed by atoms with van der Waals surface area (Å²) in [4.78, 5) is 9.27. The molecule has 0 unspecified atom stereocenters. The van der Waals surface area contributed by atoms with Crippen LogP contribution in [0.3, 0.4) is 0 Å². The van der Waals surface area contributed by atoms with Crippen LogP contribution in [0, 0.1) is 11.3 Å². The van der Waals surface area contributed by atoms with Gasteiger partial charge in [0, 0.05) is 31.9 Å². The molecule has 0 spiro atoms. The van der Waals surface area contributed by atoms with Crippen LogP contribution in [0.1, 0.15) is 38.4 Å². The van der Waals surface area contributed by atoms with E-state index in [2.05, 4.69) is 49.1 Å². The van der Waals surface area contributed by atoms with Gasteiger partial charge in [0.25, 0.3) is 0 Å². The Balaban J connectivity index is 1.48. The van der Waals surface area contributed by atoms with Gasteiger partial charge in [0.05, 0.1) is 24.5 Å². The van der Waals surface area contributed by atoms with Crippen molar-refractivity contribution in [3.8, 4) is 6.07 Å². The van der Waals surface area contributed by atoms with Gasteiger partial charge < -0.3 is 10.2 Å². The summed E-state index contributed by atoms with van der Waals surface area (Å²) in [6.45, 7) is 11.1. The lowest BCUT2D eigenvalue weighted by Crippen LogP contribution is -2.50. The lowest BCUT2D eigenvalue weighted by atomic mass is 10.1. The summed E-state index contributed by atoms with van der Waals surface area (Å²) < 4.78 is 1.85. The van der Waals surface area contributed by atoms with Crippen molar-refractivity contribution in [3.05, 3.63) is 53.8 Å². The van der Waals surface area contributed by atoms with Crippen LogP contribution in [-0.2, 0) is 0 Å². The normalized spacial score (nSPS) is 25.2. The van der Waals surface area contributed by atoms with E-state index in [0.29, 0.717) is 18.3 Å². The molecule has 0 aromatic carbocycles. The van der Waals surface area contributed by atoms with Gasteiger partial charge in [-0.3, -0.25) is 4.90 Å². The minimum atomic E-state index is 0.283. The molecule has 3 aliphatic heterocycles. The molecule has 1 aromatic rings. The number of hydrogen-bond donors (Lipinski definition) is 1. The summed E-state index contributed by atoms with van der Waals surface area (Å²) in [6, 6.07) is 2.96. The van der Waals surface area contributed by atoms with Crippen LogP contribution in [0.4, 0.5) is 0 Å². The first kappa shape index (κ1) is 20.1. The Morgan fingerprint density at radius 2 is 2.23 bits per heavy atom. The van der Waals surface area contributed by atoms with E-state index in [1.54, 1.807) is 0 Å². The third kappa shape index (κ3) is 3.81. The van der Waals surface area contributed by atoms with Crippen molar-refractivity contribution in [1.82, 2.24) is 30.1 Å². The number of aliphatic imine (C=N–C) groups is 1. The minimum absolute atomic E-state index is 0.283. The van der Waals surface area contributed by atoms with E-state index >= 15 is 0 Å². The van der Waals surface area contributed by atoms with Gasteiger partial charge in [-0.05, 0) is 38.3 Å². The van der Waals surface area contributed by atoms with E-state index in [1.165, 1.54) is 0 Å². The number of nitriles is 1. The Morgan fingerprint density at radius 3 is 3.00 bits per heavy atom. The number of aromatic nitrogens is 3. The Morgan fingerprint density at radius 1 is 1.37 bits per heavy atom. The van der Waals surface area contributed by atoms with Crippen molar-refractivity contribution in [2.75, 3.05) is 26.2 Å². The molecule has 2 atom stereocenters. The monoisotopic (exact) mass is 404 g/mol. The predicted octanol–water partition coefficient (Wildman–Crippen LogP) is 2.46. The zero-order chi connectivity index (χ0) is 21.1. The van der Waals surface area contributed by atoms with Crippen molar-refractivity contribution in [2.45, 2.75) is 38.8 Å². The second kappa shape index (κ2) is 8.67. The summed E-state index contributed by atoms with van der Waals surface area (Å²) in [5.41, 5.74) is 3.67. The second-order valence-corrected chi connectivity index (χ2v) is 7.83. The smallest absolute Gasteiger partial charge is 0.162 e. The molecule has 0 saturated carbocycles. The predicted molar refractivity (Wildman–Crippen MR) is 117 cm³/mol. The highest BCUT2D eigenvalue weighted by Crippen LogP contribution is 2.38. The van der Waals surface area contributed by atoms with Crippen molar-refractivity contribution in [1.29, 1.82) is 5.26 Å². The van der Waals surface area contributed by atoms with Gasteiger partial charge in [0.15, 0.2) is 11.5 Å². The quantitative estimate of drug-likeness (QED) is 0.759. The van der Waals surface area contributed by atoms with Gasteiger partial charge in [-0.2, -0.15) is 5.26 Å². The highest BCUT2D eigenvalue weighted by molar-refractivity contribution is 5.64. The van der Waals surface area contributed by atoms with Crippen LogP contribution in [0.2, 0.25) is 0 Å². The summed E-state index contributed by atoms with van der Waals surface area (Å²) in [6.07, 6.45) is 12.0. The average Bonchev–Trinajstić information content (AvgIpc) is 3.43. The molecular weight excluding hydrogens is 376 g/mol. The van der Waals surface area contributed by atoms with Crippen LogP contribution in [-0.4, -0.2) is 63.2 Å². The fourth-order valence-electron chi connectivity index (χ4n) is 4.45. The van der Waals surface area contributed by atoms with Gasteiger partial charge >= 0.3 is 0 Å². The van der Waals surface area contributed by atoms with Crippen LogP contribution in [0.25, 0.3) is 5.70 Å². The summed E-state index contributed by atoms with van der Waals surface area (Å²) in [5.74, 6) is 0.778. The van der Waals surface area contributed by atoms with E-state index in [9.17, 15) is 5.26 Å². The van der Waals surface area contributed by atoms with E-state index in [1.807, 2.05) is 43.1 Å². The fraction of sp³-hybridized carbons (Fsp3) is 0.455. The largest absolute Gasteiger partial charge is 0.368 e. The maximum absolute atomic E-state index is 9.40. The number of piperazine rings is 1. The zero-order valence-corrected chi connectivity index (χ0v) is 17.6. The van der Waals surface area contributed by atoms with Crippen LogP contribution >= 0.6 is 0 Å². The van der Waals surface area contributed by atoms with Gasteiger partial charge in [0.1, 0.15) is 11.8 Å². The molecule has 0 radical (unpaired) electrons. The maximum atomic E-state index is 9.40. The van der Waals surface area contributed by atoms with Crippen molar-refractivity contribution >= 4 is 11.9 Å². The van der Waals surface area contributed by atoms with E-state index in [-0.39, 0.29) is 6.04 Å². The van der Waals surface area contributed by atoms with Crippen LogP contribution in [0.15, 0.2) is 53.1 Å². The molecule has 2 saturated heterocycles. The van der Waals surface area contributed by atoms with Crippen LogP contribution < -0.4 is 5.32 Å². The van der Waals surface area contributed by atoms with Crippen molar-refractivity contribution in [2.24, 2.45) is 4.99 Å². The Bertz CT molecular complexity index is 974. The van der Waals surface area contributed by atoms with E-state index < -0.39 is 0 Å². The third-order valence-electron chi connectivity index (χ3n) is 6.03. The molecule has 3 aliphatic rings. The molecule has 4 heterocycles. The molecule has 2 fully saturated rings. The molecule has 30 heavy (non-hydrogen) atoms. The summed E-state index contributed by atoms with van der Waals surface area (Å²) in [5, 5.41) is 21.4. The van der Waals surface area contributed by atoms with E-state index in [0.717, 1.165) is 55.3 Å². The van der Waals surface area contributed by atoms with E-state index in [4.69, 9.17) is 0 Å². The first-order valence-electron chi connectivity index (χ1n) is 10.5. The summed E-state index contributed by atoms with van der Waals surface area (Å²) in [7, 11) is 0. The molecule has 4 rings (SSSR count). The number of allylic oxidation sites excluding steroid dienone is 6. The SMILES string of the molecule is C=C/C(C)=C\C(=C/C)n1cc([C@H]2CC[C@H]3CN(C4=C(C#N)NCC=N4)CCN32)nn1. The highest BCUT2D eigenvalue weighted by atomic mass is 15.4. The Kier molecular flexibility index (Phi) is 5.81. The molecule has 8 nitrogen and oxygen atoms in total. The molecule has 1 N–H and O–H groups in total. The van der Waals surface area contributed by atoms with Crippen molar-refractivity contribution in [3.63, 3.8) is 0 Å². The number of rotatable bonds is 5. The molecule has 0 aliphatic carbocycles. The lowest BCUT2D eigenvalue weighted by molar-refractivity contribution is 0.0947. The first-order chi connectivity index (χ1) is 14.6.